The van der Waals surface area contributed by atoms with Crippen molar-refractivity contribution in [2.24, 2.45) is 4.99 Å². The Labute approximate surface area is 158 Å². The van der Waals surface area contributed by atoms with Crippen LogP contribution in [0.1, 0.15) is 12.0 Å². The number of nitrogens with one attached hydrogen (secondary N) is 1. The Morgan fingerprint density at radius 2 is 1.89 bits per heavy atom. The minimum Gasteiger partial charge on any atom is -0.504 e. The molecular weight excluding hydrogens is 372 g/mol. The van der Waals surface area contributed by atoms with Crippen molar-refractivity contribution < 1.29 is 39.9 Å². The third-order valence-corrected chi connectivity index (χ3v) is 3.94. The number of aromatic hydroxyl groups is 2. The normalized spacial score (nSPS) is 19.1. The van der Waals surface area contributed by atoms with Gasteiger partial charge in [0.2, 0.25) is 0 Å². The van der Waals surface area contributed by atoms with Crippen LogP contribution in [0.4, 0.5) is 0 Å². The van der Waals surface area contributed by atoms with Crippen LogP contribution in [0.3, 0.4) is 0 Å². The van der Waals surface area contributed by atoms with Crippen LogP contribution in [0, 0.1) is 0 Å². The van der Waals surface area contributed by atoms with Crippen molar-refractivity contribution in [1.82, 2.24) is 5.32 Å². The first-order valence-corrected chi connectivity index (χ1v) is 8.07. The molecule has 2 rings (SSSR count). The topological polar surface area (TPSA) is 177 Å². The third kappa shape index (κ3) is 5.34. The molecule has 1 aromatic carbocycles. The summed E-state index contributed by atoms with van der Waals surface area (Å²) < 4.78 is 0. The van der Waals surface area contributed by atoms with Crippen molar-refractivity contribution in [1.29, 1.82) is 0 Å². The molecule has 0 bridgehead atoms. The molecule has 28 heavy (non-hydrogen) atoms. The molecule has 6 N–H and O–H groups in total. The average Bonchev–Trinajstić information content (AvgIpc) is 2.63. The van der Waals surface area contributed by atoms with Gasteiger partial charge in [0, 0.05) is 19.1 Å². The molecular formula is C18H18N2O8. The zero-order valence-corrected chi connectivity index (χ0v) is 14.4. The second-order valence-corrected chi connectivity index (χ2v) is 6.02. The zero-order chi connectivity index (χ0) is 20.8. The molecule has 1 heterocycles. The van der Waals surface area contributed by atoms with Crippen LogP contribution in [0.25, 0.3) is 0 Å². The van der Waals surface area contributed by atoms with E-state index in [1.54, 1.807) is 0 Å². The Bertz CT molecular complexity index is 888. The SMILES string of the molecule is O=C(O)C1=C/C(=C\C=N[C@H](Cc2ccc(O)c(O)c2)C(=O)O)C[C@@H](C(=O)O)N1. The highest BCUT2D eigenvalue weighted by Crippen LogP contribution is 2.25. The first kappa shape index (κ1) is 20.5. The maximum atomic E-state index is 11.4. The van der Waals surface area contributed by atoms with Crippen LogP contribution < -0.4 is 5.32 Å². The molecule has 1 aliphatic rings. The molecule has 10 nitrogen and oxygen atoms in total. The lowest BCUT2D eigenvalue weighted by atomic mass is 10.00. The highest BCUT2D eigenvalue weighted by molar-refractivity contribution is 5.90. The van der Waals surface area contributed by atoms with Gasteiger partial charge in [-0.2, -0.15) is 0 Å². The molecule has 0 saturated carbocycles. The van der Waals surface area contributed by atoms with Crippen molar-refractivity contribution in [2.45, 2.75) is 24.9 Å². The molecule has 0 fully saturated rings. The van der Waals surface area contributed by atoms with Crippen LogP contribution >= 0.6 is 0 Å². The number of carboxylic acids is 3. The van der Waals surface area contributed by atoms with Crippen molar-refractivity contribution in [3.8, 4) is 11.5 Å². The summed E-state index contributed by atoms with van der Waals surface area (Å²) in [5, 5.41) is 48.6. The van der Waals surface area contributed by atoms with Crippen molar-refractivity contribution in [2.75, 3.05) is 0 Å². The second kappa shape index (κ2) is 8.71. The zero-order valence-electron chi connectivity index (χ0n) is 14.4. The van der Waals surface area contributed by atoms with E-state index in [0.717, 1.165) is 0 Å². The van der Waals surface area contributed by atoms with Crippen LogP contribution in [0.2, 0.25) is 0 Å². The van der Waals surface area contributed by atoms with Gasteiger partial charge in [-0.15, -0.1) is 0 Å². The fraction of sp³-hybridized carbons (Fsp3) is 0.222. The predicted molar refractivity (Wildman–Crippen MR) is 96.4 cm³/mol. The summed E-state index contributed by atoms with van der Waals surface area (Å²) in [6.07, 6.45) is 3.72. The van der Waals surface area contributed by atoms with E-state index < -0.39 is 30.0 Å². The number of carbonyl (C=O) groups is 3. The fourth-order valence-electron chi connectivity index (χ4n) is 2.51. The van der Waals surface area contributed by atoms with Gasteiger partial charge in [-0.3, -0.25) is 4.99 Å². The highest BCUT2D eigenvalue weighted by atomic mass is 16.4. The number of benzene rings is 1. The molecule has 10 heteroatoms. The molecule has 2 atom stereocenters. The Kier molecular flexibility index (Phi) is 6.38. The molecule has 0 saturated heterocycles. The van der Waals surface area contributed by atoms with Gasteiger partial charge in [0.05, 0.1) is 0 Å². The molecule has 0 radical (unpaired) electrons. The van der Waals surface area contributed by atoms with E-state index in [0.29, 0.717) is 11.1 Å². The number of phenolic OH excluding ortho intramolecular Hbond substituents is 2. The van der Waals surface area contributed by atoms with Gasteiger partial charge in [0.1, 0.15) is 11.7 Å². The number of allylic oxidation sites excluding steroid dienone is 2. The smallest absolute Gasteiger partial charge is 0.351 e. The summed E-state index contributed by atoms with van der Waals surface area (Å²) in [6.45, 7) is 0. The molecule has 1 aliphatic heterocycles. The summed E-state index contributed by atoms with van der Waals surface area (Å²) >= 11 is 0. The van der Waals surface area contributed by atoms with E-state index in [2.05, 4.69) is 10.3 Å². The quantitative estimate of drug-likeness (QED) is 0.286. The number of phenols is 2. The van der Waals surface area contributed by atoms with Gasteiger partial charge in [0.15, 0.2) is 17.5 Å². The molecule has 0 aliphatic carbocycles. The monoisotopic (exact) mass is 390 g/mol. The molecule has 0 aromatic heterocycles. The first-order chi connectivity index (χ1) is 13.2. The summed E-state index contributed by atoms with van der Waals surface area (Å²) in [4.78, 5) is 37.5. The van der Waals surface area contributed by atoms with E-state index in [-0.39, 0.29) is 30.0 Å². The lowest BCUT2D eigenvalue weighted by molar-refractivity contribution is -0.140. The van der Waals surface area contributed by atoms with Crippen LogP contribution in [-0.4, -0.2) is 61.7 Å². The molecule has 148 valence electrons. The first-order valence-electron chi connectivity index (χ1n) is 8.07. The third-order valence-electron chi connectivity index (χ3n) is 3.94. The van der Waals surface area contributed by atoms with Crippen LogP contribution in [0.15, 0.2) is 46.6 Å². The average molecular weight is 390 g/mol. The molecule has 0 unspecified atom stereocenters. The summed E-state index contributed by atoms with van der Waals surface area (Å²) in [5.41, 5.74) is 0.514. The van der Waals surface area contributed by atoms with Gasteiger partial charge in [-0.1, -0.05) is 6.07 Å². The number of aliphatic carboxylic acids is 3. The lowest BCUT2D eigenvalue weighted by Crippen LogP contribution is -2.41. The second-order valence-electron chi connectivity index (χ2n) is 6.02. The van der Waals surface area contributed by atoms with Crippen molar-refractivity contribution in [3.05, 3.63) is 47.2 Å². The standard InChI is InChI=1S/C18H18N2O8/c21-14-2-1-9(8-15(14)22)5-11(16(23)24)19-4-3-10-6-12(17(25)26)20-13(7-10)18(27)28/h1-4,6,8,11,13,20-22H,5,7H2,(H,23,24)(H,25,26)(H,27,28)/b10-3+,19-4?/t11-,13+/m1/s1. The number of nitrogens with zero attached hydrogens (tertiary/aromatic N) is 1. The Morgan fingerprint density at radius 1 is 1.18 bits per heavy atom. The number of carboxylic acid groups (broad SMARTS) is 3. The van der Waals surface area contributed by atoms with Gasteiger partial charge in [-0.05, 0) is 35.4 Å². The number of hydrogen-bond donors (Lipinski definition) is 6. The Morgan fingerprint density at radius 3 is 2.46 bits per heavy atom. The van der Waals surface area contributed by atoms with Gasteiger partial charge in [0.25, 0.3) is 0 Å². The Balaban J connectivity index is 2.18. The van der Waals surface area contributed by atoms with E-state index in [1.165, 1.54) is 36.6 Å². The summed E-state index contributed by atoms with van der Waals surface area (Å²) in [6, 6.07) is 1.59. The van der Waals surface area contributed by atoms with E-state index in [9.17, 15) is 29.7 Å². The number of aliphatic imine (C=N–C) groups is 1. The summed E-state index contributed by atoms with van der Waals surface area (Å²) in [5.74, 6) is -4.47. The highest BCUT2D eigenvalue weighted by Gasteiger charge is 2.26. The fourth-order valence-corrected chi connectivity index (χ4v) is 2.51. The summed E-state index contributed by atoms with van der Waals surface area (Å²) in [7, 11) is 0. The van der Waals surface area contributed by atoms with Crippen molar-refractivity contribution >= 4 is 24.1 Å². The predicted octanol–water partition coefficient (Wildman–Crippen LogP) is 0.506. The largest absolute Gasteiger partial charge is 0.504 e. The number of rotatable bonds is 7. The van der Waals surface area contributed by atoms with Gasteiger partial charge in [-0.25, -0.2) is 14.4 Å². The van der Waals surface area contributed by atoms with Crippen molar-refractivity contribution in [3.63, 3.8) is 0 Å². The minimum absolute atomic E-state index is 0.00169. The molecule has 0 spiro atoms. The van der Waals surface area contributed by atoms with E-state index >= 15 is 0 Å². The maximum Gasteiger partial charge on any atom is 0.351 e. The van der Waals surface area contributed by atoms with Crippen LogP contribution in [0.5, 0.6) is 11.5 Å². The van der Waals surface area contributed by atoms with Gasteiger partial charge < -0.3 is 30.8 Å². The number of hydrogen-bond acceptors (Lipinski definition) is 7. The van der Waals surface area contributed by atoms with E-state index in [4.69, 9.17) is 10.2 Å². The van der Waals surface area contributed by atoms with Crippen LogP contribution in [-0.2, 0) is 20.8 Å². The van der Waals surface area contributed by atoms with E-state index in [1.807, 2.05) is 0 Å². The lowest BCUT2D eigenvalue weighted by Gasteiger charge is -2.21. The minimum atomic E-state index is -1.32. The molecule has 1 aromatic rings. The Hall–Kier alpha value is -3.82. The van der Waals surface area contributed by atoms with Gasteiger partial charge >= 0.3 is 17.9 Å². The maximum absolute atomic E-state index is 11.4. The molecule has 0 amide bonds.